The molecule has 2 aromatic rings. The summed E-state index contributed by atoms with van der Waals surface area (Å²) in [4.78, 5) is 0. The zero-order valence-corrected chi connectivity index (χ0v) is 10.3. The molecule has 1 aliphatic carbocycles. The van der Waals surface area contributed by atoms with E-state index in [1.165, 1.54) is 17.7 Å². The number of aryl methyl sites for hydroxylation is 2. The average Bonchev–Trinajstić information content (AvgIpc) is 2.65. The molecule has 0 saturated heterocycles. The first-order chi connectivity index (χ1) is 8.24. The Morgan fingerprint density at radius 2 is 2.24 bits per heavy atom. The SMILES string of the molecule is CNC1CCCc2c1n(C)c1c(F)cccc21. The van der Waals surface area contributed by atoms with E-state index in [0.717, 1.165) is 23.7 Å². The molecule has 0 bridgehead atoms. The average molecular weight is 232 g/mol. The molecular formula is C14H17FN2. The molecule has 1 heterocycles. The van der Waals surface area contributed by atoms with Gasteiger partial charge in [0.25, 0.3) is 0 Å². The lowest BCUT2D eigenvalue weighted by atomic mass is 9.92. The van der Waals surface area contributed by atoms with E-state index in [4.69, 9.17) is 0 Å². The summed E-state index contributed by atoms with van der Waals surface area (Å²) in [6.07, 6.45) is 3.37. The van der Waals surface area contributed by atoms with Crippen LogP contribution in [0.2, 0.25) is 0 Å². The Hall–Kier alpha value is -1.35. The van der Waals surface area contributed by atoms with Gasteiger partial charge in [0, 0.05) is 24.2 Å². The predicted octanol–water partition coefficient (Wildman–Crippen LogP) is 2.91. The molecule has 0 aliphatic heterocycles. The van der Waals surface area contributed by atoms with E-state index >= 15 is 0 Å². The summed E-state index contributed by atoms with van der Waals surface area (Å²) in [5, 5.41) is 4.42. The monoisotopic (exact) mass is 232 g/mol. The standard InChI is InChI=1S/C14H17FN2/c1-16-12-8-4-6-10-9-5-3-7-11(15)13(9)17(2)14(10)12/h3,5,7,12,16H,4,6,8H2,1-2H3. The maximum absolute atomic E-state index is 13.9. The van der Waals surface area contributed by atoms with Crippen LogP contribution in [0.25, 0.3) is 10.9 Å². The van der Waals surface area contributed by atoms with E-state index in [2.05, 4.69) is 5.32 Å². The second-order valence-electron chi connectivity index (χ2n) is 4.79. The smallest absolute Gasteiger partial charge is 0.147 e. The minimum atomic E-state index is -0.116. The maximum atomic E-state index is 13.9. The van der Waals surface area contributed by atoms with E-state index in [0.29, 0.717) is 6.04 Å². The number of aromatic nitrogens is 1. The molecule has 1 N–H and O–H groups in total. The Bertz CT molecular complexity index is 571. The first-order valence-corrected chi connectivity index (χ1v) is 6.17. The molecule has 1 aromatic heterocycles. The van der Waals surface area contributed by atoms with Crippen LogP contribution in [0.4, 0.5) is 4.39 Å². The van der Waals surface area contributed by atoms with Gasteiger partial charge in [0.05, 0.1) is 5.52 Å². The Morgan fingerprint density at radius 1 is 1.41 bits per heavy atom. The van der Waals surface area contributed by atoms with Gasteiger partial charge in [0.2, 0.25) is 0 Å². The van der Waals surface area contributed by atoms with Crippen LogP contribution in [0.15, 0.2) is 18.2 Å². The fourth-order valence-corrected chi connectivity index (χ4v) is 3.17. The first-order valence-electron chi connectivity index (χ1n) is 6.17. The molecule has 0 saturated carbocycles. The van der Waals surface area contributed by atoms with Crippen LogP contribution in [0.1, 0.15) is 30.1 Å². The third kappa shape index (κ3) is 1.42. The van der Waals surface area contributed by atoms with Gasteiger partial charge in [0.15, 0.2) is 0 Å². The van der Waals surface area contributed by atoms with Gasteiger partial charge in [-0.25, -0.2) is 4.39 Å². The Kier molecular flexibility index (Phi) is 2.44. The summed E-state index contributed by atoms with van der Waals surface area (Å²) < 4.78 is 16.0. The highest BCUT2D eigenvalue weighted by Gasteiger charge is 2.26. The van der Waals surface area contributed by atoms with Gasteiger partial charge in [-0.2, -0.15) is 0 Å². The molecule has 1 aromatic carbocycles. The topological polar surface area (TPSA) is 17.0 Å². The van der Waals surface area contributed by atoms with Crippen molar-refractivity contribution in [3.8, 4) is 0 Å². The van der Waals surface area contributed by atoms with E-state index in [1.54, 1.807) is 12.1 Å². The zero-order valence-electron chi connectivity index (χ0n) is 10.3. The third-order valence-electron chi connectivity index (χ3n) is 3.92. The molecule has 3 rings (SSSR count). The predicted molar refractivity (Wildman–Crippen MR) is 67.6 cm³/mol. The van der Waals surface area contributed by atoms with Gasteiger partial charge in [0.1, 0.15) is 5.82 Å². The maximum Gasteiger partial charge on any atom is 0.147 e. The molecule has 0 amide bonds. The Balaban J connectivity index is 2.37. The molecule has 0 fully saturated rings. The third-order valence-corrected chi connectivity index (χ3v) is 3.92. The number of benzene rings is 1. The summed E-state index contributed by atoms with van der Waals surface area (Å²) in [7, 11) is 3.95. The Labute approximate surface area is 100 Å². The molecular weight excluding hydrogens is 215 g/mol. The fourth-order valence-electron chi connectivity index (χ4n) is 3.17. The highest BCUT2D eigenvalue weighted by molar-refractivity contribution is 5.86. The number of nitrogens with zero attached hydrogens (tertiary/aromatic N) is 1. The molecule has 0 spiro atoms. The van der Waals surface area contributed by atoms with Crippen LogP contribution in [-0.4, -0.2) is 11.6 Å². The van der Waals surface area contributed by atoms with E-state index < -0.39 is 0 Å². The van der Waals surface area contributed by atoms with E-state index in [1.807, 2.05) is 24.7 Å². The summed E-state index contributed by atoms with van der Waals surface area (Å²) in [6.45, 7) is 0. The zero-order chi connectivity index (χ0) is 12.0. The number of para-hydroxylation sites is 1. The van der Waals surface area contributed by atoms with Crippen molar-refractivity contribution in [2.24, 2.45) is 7.05 Å². The number of rotatable bonds is 1. The van der Waals surface area contributed by atoms with Crippen LogP contribution >= 0.6 is 0 Å². The van der Waals surface area contributed by atoms with Gasteiger partial charge in [-0.3, -0.25) is 0 Å². The second-order valence-corrected chi connectivity index (χ2v) is 4.79. The quantitative estimate of drug-likeness (QED) is 0.800. The molecule has 1 unspecified atom stereocenters. The van der Waals surface area contributed by atoms with Crippen molar-refractivity contribution in [2.75, 3.05) is 7.05 Å². The summed E-state index contributed by atoms with van der Waals surface area (Å²) >= 11 is 0. The lowest BCUT2D eigenvalue weighted by molar-refractivity contribution is 0.473. The first kappa shape index (κ1) is 10.8. The van der Waals surface area contributed by atoms with Gasteiger partial charge in [-0.15, -0.1) is 0 Å². The fraction of sp³-hybridized carbons (Fsp3) is 0.429. The molecule has 2 nitrogen and oxygen atoms in total. The number of halogens is 1. The van der Waals surface area contributed by atoms with Crippen LogP contribution in [-0.2, 0) is 13.5 Å². The normalized spacial score (nSPS) is 19.6. The van der Waals surface area contributed by atoms with E-state index in [-0.39, 0.29) is 5.82 Å². The van der Waals surface area contributed by atoms with Crippen molar-refractivity contribution in [2.45, 2.75) is 25.3 Å². The van der Waals surface area contributed by atoms with Gasteiger partial charge in [-0.05, 0) is 37.9 Å². The number of hydrogen-bond donors (Lipinski definition) is 1. The van der Waals surface area contributed by atoms with Crippen LogP contribution in [0.5, 0.6) is 0 Å². The summed E-state index contributed by atoms with van der Waals surface area (Å²) in [6, 6.07) is 5.74. The number of nitrogens with one attached hydrogen (secondary N) is 1. The molecule has 90 valence electrons. The van der Waals surface area contributed by atoms with Gasteiger partial charge < -0.3 is 9.88 Å². The number of fused-ring (bicyclic) bond motifs is 3. The Morgan fingerprint density at radius 3 is 3.00 bits per heavy atom. The van der Waals surface area contributed by atoms with Gasteiger partial charge in [-0.1, -0.05) is 12.1 Å². The molecule has 1 atom stereocenters. The van der Waals surface area contributed by atoms with Crippen molar-refractivity contribution >= 4 is 10.9 Å². The lowest BCUT2D eigenvalue weighted by Crippen LogP contribution is -2.23. The second kappa shape index (κ2) is 3.84. The summed E-state index contributed by atoms with van der Waals surface area (Å²) in [5.41, 5.74) is 3.34. The molecule has 1 aliphatic rings. The van der Waals surface area contributed by atoms with Crippen LogP contribution in [0.3, 0.4) is 0 Å². The molecule has 17 heavy (non-hydrogen) atoms. The van der Waals surface area contributed by atoms with Crippen molar-refractivity contribution in [1.82, 2.24) is 9.88 Å². The van der Waals surface area contributed by atoms with Crippen molar-refractivity contribution in [3.05, 3.63) is 35.3 Å². The number of hydrogen-bond acceptors (Lipinski definition) is 1. The molecule has 3 heteroatoms. The van der Waals surface area contributed by atoms with Crippen molar-refractivity contribution < 1.29 is 4.39 Å². The van der Waals surface area contributed by atoms with Crippen molar-refractivity contribution in [1.29, 1.82) is 0 Å². The summed E-state index contributed by atoms with van der Waals surface area (Å²) in [5.74, 6) is -0.116. The highest BCUT2D eigenvalue weighted by atomic mass is 19.1. The minimum absolute atomic E-state index is 0.116. The van der Waals surface area contributed by atoms with Crippen LogP contribution in [0, 0.1) is 5.82 Å². The highest BCUT2D eigenvalue weighted by Crippen LogP contribution is 2.37. The van der Waals surface area contributed by atoms with Gasteiger partial charge >= 0.3 is 0 Å². The van der Waals surface area contributed by atoms with Crippen molar-refractivity contribution in [3.63, 3.8) is 0 Å². The van der Waals surface area contributed by atoms with E-state index in [9.17, 15) is 4.39 Å². The van der Waals surface area contributed by atoms with Crippen LogP contribution < -0.4 is 5.32 Å². The largest absolute Gasteiger partial charge is 0.344 e. The molecule has 0 radical (unpaired) electrons. The minimum Gasteiger partial charge on any atom is -0.344 e. The lowest BCUT2D eigenvalue weighted by Gasteiger charge is -2.24.